The molecule has 1 aromatic heterocycles. The molecule has 0 aliphatic carbocycles. The van der Waals surface area contributed by atoms with E-state index in [0.717, 1.165) is 54.9 Å². The lowest BCUT2D eigenvalue weighted by molar-refractivity contribution is -0.908. The molecule has 1 saturated heterocycles. The van der Waals surface area contributed by atoms with Crippen LogP contribution in [-0.4, -0.2) is 50.2 Å². The van der Waals surface area contributed by atoms with Gasteiger partial charge in [0.1, 0.15) is 18.7 Å². The van der Waals surface area contributed by atoms with Crippen molar-refractivity contribution in [2.45, 2.75) is 19.4 Å². The van der Waals surface area contributed by atoms with Crippen LogP contribution in [0.25, 0.3) is 11.0 Å². The normalized spacial score (nSPS) is 19.0. The summed E-state index contributed by atoms with van der Waals surface area (Å²) >= 11 is 3.48. The topological polar surface area (TPSA) is 64.2 Å². The molecule has 1 amide bonds. The molecule has 0 saturated carbocycles. The van der Waals surface area contributed by atoms with E-state index in [2.05, 4.69) is 15.9 Å². The maximum Gasteiger partial charge on any atom is 0.290 e. The van der Waals surface area contributed by atoms with E-state index in [1.165, 1.54) is 4.90 Å². The summed E-state index contributed by atoms with van der Waals surface area (Å²) < 4.78 is 12.4. The maximum atomic E-state index is 13.6. The van der Waals surface area contributed by atoms with Gasteiger partial charge < -0.3 is 19.0 Å². The van der Waals surface area contributed by atoms with Crippen LogP contribution in [0.4, 0.5) is 0 Å². The molecule has 0 spiro atoms. The molecular weight excluding hydrogens is 472 g/mol. The second-order valence-electron chi connectivity index (χ2n) is 8.59. The fourth-order valence-electron chi connectivity index (χ4n) is 4.77. The minimum Gasteiger partial charge on any atom is -0.450 e. The molecule has 0 unspecified atom stereocenters. The quantitative estimate of drug-likeness (QED) is 0.588. The Balaban J connectivity index is 1.53. The van der Waals surface area contributed by atoms with E-state index < -0.39 is 6.04 Å². The summed E-state index contributed by atoms with van der Waals surface area (Å²) in [6.07, 6.45) is 0.856. The molecule has 3 heterocycles. The zero-order chi connectivity index (χ0) is 22.2. The van der Waals surface area contributed by atoms with Crippen molar-refractivity contribution in [2.24, 2.45) is 0 Å². The Labute approximate surface area is 194 Å². The van der Waals surface area contributed by atoms with Gasteiger partial charge in [0.2, 0.25) is 5.76 Å². The van der Waals surface area contributed by atoms with E-state index in [-0.39, 0.29) is 17.1 Å². The highest BCUT2D eigenvalue weighted by Crippen LogP contribution is 2.38. The predicted molar refractivity (Wildman–Crippen MR) is 125 cm³/mol. The van der Waals surface area contributed by atoms with Crippen LogP contribution in [0.1, 0.15) is 39.7 Å². The Hall–Kier alpha value is -2.48. The number of hydrogen-bond donors (Lipinski definition) is 1. The van der Waals surface area contributed by atoms with Gasteiger partial charge in [0, 0.05) is 17.4 Å². The van der Waals surface area contributed by atoms with Crippen molar-refractivity contribution in [1.29, 1.82) is 0 Å². The Morgan fingerprint density at radius 3 is 2.59 bits per heavy atom. The number of ether oxygens (including phenoxy) is 1. The third kappa shape index (κ3) is 3.89. The number of aryl methyl sites for hydroxylation is 1. The summed E-state index contributed by atoms with van der Waals surface area (Å²) in [5.74, 6) is -0.0255. The highest BCUT2D eigenvalue weighted by Gasteiger charge is 2.42. The largest absolute Gasteiger partial charge is 0.450 e. The van der Waals surface area contributed by atoms with Crippen LogP contribution >= 0.6 is 15.9 Å². The molecule has 3 aromatic rings. The summed E-state index contributed by atoms with van der Waals surface area (Å²) in [5, 5.41) is 0.526. The van der Waals surface area contributed by atoms with Crippen LogP contribution in [-0.2, 0) is 4.74 Å². The standard InChI is InChI=1S/C25H25BrN2O4/c1-16-3-8-20-19(15-16)23(29)21-22(17-4-6-18(26)7-5-17)28(25(30)24(21)32-20)10-2-9-27-11-13-31-14-12-27/h3-8,15,22H,2,9-14H2,1H3/p+1/t22-/m0/s1. The van der Waals surface area contributed by atoms with Gasteiger partial charge in [0.25, 0.3) is 5.91 Å². The number of carbonyl (C=O) groups is 1. The Morgan fingerprint density at radius 2 is 1.84 bits per heavy atom. The molecule has 6 nitrogen and oxygen atoms in total. The van der Waals surface area contributed by atoms with Gasteiger partial charge in [-0.3, -0.25) is 9.59 Å². The fourth-order valence-corrected chi connectivity index (χ4v) is 5.03. The highest BCUT2D eigenvalue weighted by molar-refractivity contribution is 9.10. The van der Waals surface area contributed by atoms with Crippen LogP contribution in [0.15, 0.2) is 56.1 Å². The average Bonchev–Trinajstić information content (AvgIpc) is 3.08. The van der Waals surface area contributed by atoms with Crippen molar-refractivity contribution in [2.75, 3.05) is 39.4 Å². The van der Waals surface area contributed by atoms with Crippen molar-refractivity contribution in [1.82, 2.24) is 4.90 Å². The highest BCUT2D eigenvalue weighted by atomic mass is 79.9. The van der Waals surface area contributed by atoms with Crippen LogP contribution < -0.4 is 10.3 Å². The van der Waals surface area contributed by atoms with Crippen LogP contribution in [0.5, 0.6) is 0 Å². The van der Waals surface area contributed by atoms with E-state index in [4.69, 9.17) is 9.15 Å². The number of nitrogens with zero attached hydrogens (tertiary/aromatic N) is 1. The van der Waals surface area contributed by atoms with Crippen LogP contribution in [0.2, 0.25) is 0 Å². The monoisotopic (exact) mass is 497 g/mol. The van der Waals surface area contributed by atoms with E-state index in [0.29, 0.717) is 23.1 Å². The number of carbonyl (C=O) groups excluding carboxylic acids is 1. The first kappa shape index (κ1) is 21.4. The zero-order valence-electron chi connectivity index (χ0n) is 18.0. The summed E-state index contributed by atoms with van der Waals surface area (Å²) in [7, 11) is 0. The summed E-state index contributed by atoms with van der Waals surface area (Å²) in [6.45, 7) is 7.06. The minimum atomic E-state index is -0.438. The lowest BCUT2D eigenvalue weighted by atomic mass is 9.98. The number of hydrogen-bond acceptors (Lipinski definition) is 4. The number of benzene rings is 2. The van der Waals surface area contributed by atoms with Crippen molar-refractivity contribution in [3.8, 4) is 0 Å². The van der Waals surface area contributed by atoms with Crippen molar-refractivity contribution in [3.05, 3.63) is 79.6 Å². The molecule has 1 fully saturated rings. The van der Waals surface area contributed by atoms with Gasteiger partial charge in [-0.1, -0.05) is 39.7 Å². The molecule has 0 bridgehead atoms. The number of quaternary nitrogens is 1. The SMILES string of the molecule is Cc1ccc2oc3c(c(=O)c2c1)[C@H](c1ccc(Br)cc1)N(CCC[NH+]1CCOCC1)C3=O. The maximum absolute atomic E-state index is 13.6. The van der Waals surface area contributed by atoms with Crippen molar-refractivity contribution in [3.63, 3.8) is 0 Å². The van der Waals surface area contributed by atoms with E-state index in [1.807, 2.05) is 48.2 Å². The minimum absolute atomic E-state index is 0.118. The summed E-state index contributed by atoms with van der Waals surface area (Å²) in [4.78, 5) is 30.3. The van der Waals surface area contributed by atoms with Gasteiger partial charge in [-0.05, 0) is 36.8 Å². The number of rotatable bonds is 5. The predicted octanol–water partition coefficient (Wildman–Crippen LogP) is 2.71. The van der Waals surface area contributed by atoms with E-state index in [9.17, 15) is 9.59 Å². The molecule has 5 rings (SSSR count). The second kappa shape index (κ2) is 8.81. The average molecular weight is 498 g/mol. The molecule has 0 radical (unpaired) electrons. The van der Waals surface area contributed by atoms with Crippen molar-refractivity contribution >= 4 is 32.8 Å². The molecule has 32 heavy (non-hydrogen) atoms. The number of amides is 1. The lowest BCUT2D eigenvalue weighted by Crippen LogP contribution is -3.14. The van der Waals surface area contributed by atoms with Gasteiger partial charge in [-0.15, -0.1) is 0 Å². The molecule has 1 atom stereocenters. The molecular formula is C25H26BrN2O4+. The first-order chi connectivity index (χ1) is 15.5. The van der Waals surface area contributed by atoms with Crippen molar-refractivity contribution < 1.29 is 18.8 Å². The molecule has 7 heteroatoms. The molecule has 2 aliphatic heterocycles. The van der Waals surface area contributed by atoms with E-state index in [1.54, 1.807) is 6.07 Å². The Kier molecular flexibility index (Phi) is 5.88. The molecule has 2 aromatic carbocycles. The van der Waals surface area contributed by atoms with Crippen LogP contribution in [0.3, 0.4) is 0 Å². The number of fused-ring (bicyclic) bond motifs is 2. The fraction of sp³-hybridized carbons (Fsp3) is 0.360. The van der Waals surface area contributed by atoms with Gasteiger partial charge in [0.05, 0.1) is 36.8 Å². The molecule has 166 valence electrons. The molecule has 1 N–H and O–H groups in total. The smallest absolute Gasteiger partial charge is 0.290 e. The van der Waals surface area contributed by atoms with E-state index >= 15 is 0 Å². The Morgan fingerprint density at radius 1 is 1.09 bits per heavy atom. The zero-order valence-corrected chi connectivity index (χ0v) is 19.6. The summed E-state index contributed by atoms with van der Waals surface area (Å²) in [6, 6.07) is 12.9. The van der Waals surface area contributed by atoms with Gasteiger partial charge in [-0.2, -0.15) is 0 Å². The first-order valence-corrected chi connectivity index (χ1v) is 11.9. The third-order valence-electron chi connectivity index (χ3n) is 6.44. The second-order valence-corrected chi connectivity index (χ2v) is 9.51. The third-order valence-corrected chi connectivity index (χ3v) is 6.96. The first-order valence-electron chi connectivity index (χ1n) is 11.1. The van der Waals surface area contributed by atoms with Gasteiger partial charge >= 0.3 is 0 Å². The van der Waals surface area contributed by atoms with Crippen LogP contribution in [0, 0.1) is 6.92 Å². The number of nitrogens with one attached hydrogen (secondary N) is 1. The number of morpholine rings is 1. The Bertz CT molecular complexity index is 1220. The summed E-state index contributed by atoms with van der Waals surface area (Å²) in [5.41, 5.74) is 2.70. The number of halogens is 1. The molecule has 2 aliphatic rings. The lowest BCUT2D eigenvalue weighted by Gasteiger charge is -2.27. The van der Waals surface area contributed by atoms with Gasteiger partial charge in [-0.25, -0.2) is 0 Å². The van der Waals surface area contributed by atoms with Gasteiger partial charge in [0.15, 0.2) is 5.43 Å².